The molecular formula is C15H23BrFN3. The maximum absolute atomic E-state index is 13.4. The van der Waals surface area contributed by atoms with Gasteiger partial charge in [-0.2, -0.15) is 0 Å². The van der Waals surface area contributed by atoms with Crippen LogP contribution < -0.4 is 5.73 Å². The summed E-state index contributed by atoms with van der Waals surface area (Å²) in [4.78, 5) is 4.81. The molecule has 0 spiro atoms. The summed E-state index contributed by atoms with van der Waals surface area (Å²) < 4.78 is 13.9. The molecular weight excluding hydrogens is 321 g/mol. The average Bonchev–Trinajstić information content (AvgIpc) is 2.41. The monoisotopic (exact) mass is 343 g/mol. The minimum Gasteiger partial charge on any atom is -0.329 e. The van der Waals surface area contributed by atoms with Gasteiger partial charge in [0.15, 0.2) is 0 Å². The lowest BCUT2D eigenvalue weighted by atomic mass is 10.0. The van der Waals surface area contributed by atoms with E-state index in [1.54, 1.807) is 0 Å². The summed E-state index contributed by atoms with van der Waals surface area (Å²) in [5.74, 6) is -0.232. The number of hydrogen-bond acceptors (Lipinski definition) is 3. The van der Waals surface area contributed by atoms with Crippen LogP contribution in [0.3, 0.4) is 0 Å². The van der Waals surface area contributed by atoms with Gasteiger partial charge < -0.3 is 5.73 Å². The van der Waals surface area contributed by atoms with Crippen molar-refractivity contribution in [1.82, 2.24) is 9.80 Å². The van der Waals surface area contributed by atoms with Crippen molar-refractivity contribution in [2.24, 2.45) is 5.73 Å². The number of nitrogens with two attached hydrogens (primary N) is 1. The number of hydrogen-bond donors (Lipinski definition) is 1. The molecule has 0 radical (unpaired) electrons. The van der Waals surface area contributed by atoms with Crippen LogP contribution in [-0.4, -0.2) is 48.6 Å². The Hall–Kier alpha value is -0.490. The van der Waals surface area contributed by atoms with Crippen molar-refractivity contribution in [3.63, 3.8) is 0 Å². The van der Waals surface area contributed by atoms with Crippen LogP contribution in [0.15, 0.2) is 22.7 Å². The summed E-state index contributed by atoms with van der Waals surface area (Å²) in [6.45, 7) is 6.98. The minimum absolute atomic E-state index is 0.144. The Morgan fingerprint density at radius 3 is 2.45 bits per heavy atom. The third-order valence-electron chi connectivity index (χ3n) is 4.38. The third kappa shape index (κ3) is 3.22. The van der Waals surface area contributed by atoms with Gasteiger partial charge in [0.2, 0.25) is 0 Å². The zero-order valence-electron chi connectivity index (χ0n) is 12.3. The second-order valence-electron chi connectivity index (χ2n) is 5.74. The molecule has 0 aliphatic carbocycles. The highest BCUT2D eigenvalue weighted by Crippen LogP contribution is 2.27. The average molecular weight is 344 g/mol. The molecule has 1 aliphatic heterocycles. The lowest BCUT2D eigenvalue weighted by Crippen LogP contribution is -2.56. The summed E-state index contributed by atoms with van der Waals surface area (Å²) >= 11 is 3.26. The van der Waals surface area contributed by atoms with Gasteiger partial charge in [-0.1, -0.05) is 6.07 Å². The van der Waals surface area contributed by atoms with E-state index in [1.165, 1.54) is 6.07 Å². The van der Waals surface area contributed by atoms with Crippen LogP contribution in [0, 0.1) is 5.82 Å². The summed E-state index contributed by atoms with van der Waals surface area (Å²) in [6, 6.07) is 6.33. The van der Waals surface area contributed by atoms with Gasteiger partial charge in [-0.05, 0) is 54.5 Å². The maximum Gasteiger partial charge on any atom is 0.137 e. The normalized spacial score (nSPS) is 26.7. The van der Waals surface area contributed by atoms with Crippen molar-refractivity contribution in [2.75, 3.05) is 26.7 Å². The molecule has 1 aromatic rings. The molecule has 2 rings (SSSR count). The Morgan fingerprint density at radius 2 is 1.95 bits per heavy atom. The lowest BCUT2D eigenvalue weighted by molar-refractivity contribution is 0.0351. The van der Waals surface area contributed by atoms with E-state index in [-0.39, 0.29) is 11.9 Å². The summed E-state index contributed by atoms with van der Waals surface area (Å²) in [6.07, 6.45) is 0. The molecule has 3 nitrogen and oxygen atoms in total. The first-order valence-electron chi connectivity index (χ1n) is 7.05. The summed E-state index contributed by atoms with van der Waals surface area (Å²) in [5.41, 5.74) is 7.06. The van der Waals surface area contributed by atoms with Crippen molar-refractivity contribution in [2.45, 2.75) is 32.0 Å². The van der Waals surface area contributed by atoms with Crippen molar-refractivity contribution in [1.29, 1.82) is 0 Å². The molecule has 1 fully saturated rings. The van der Waals surface area contributed by atoms with E-state index in [1.807, 2.05) is 12.1 Å². The first kappa shape index (κ1) is 15.9. The van der Waals surface area contributed by atoms with Crippen molar-refractivity contribution in [3.8, 4) is 0 Å². The predicted molar refractivity (Wildman–Crippen MR) is 84.2 cm³/mol. The van der Waals surface area contributed by atoms with Crippen LogP contribution in [0.4, 0.5) is 4.39 Å². The zero-order valence-corrected chi connectivity index (χ0v) is 13.9. The zero-order chi connectivity index (χ0) is 14.9. The number of likely N-dealkylation sites (N-methyl/N-ethyl adjacent to an activating group) is 1. The topological polar surface area (TPSA) is 32.5 Å². The lowest BCUT2D eigenvalue weighted by Gasteiger charge is -2.45. The van der Waals surface area contributed by atoms with Crippen LogP contribution in [0.2, 0.25) is 0 Å². The van der Waals surface area contributed by atoms with Gasteiger partial charge in [0.1, 0.15) is 5.82 Å². The van der Waals surface area contributed by atoms with E-state index in [2.05, 4.69) is 46.6 Å². The SMILES string of the molecule is CC1CN(C(CN)c2ccc(F)c(Br)c2)CC(C)N1C. The van der Waals surface area contributed by atoms with Gasteiger partial charge in [-0.3, -0.25) is 9.80 Å². The highest BCUT2D eigenvalue weighted by atomic mass is 79.9. The standard InChI is InChI=1S/C15H23BrFN3/c1-10-8-20(9-11(2)19(10)3)15(7-18)12-4-5-14(17)13(16)6-12/h4-6,10-11,15H,7-9,18H2,1-3H3. The molecule has 1 aromatic carbocycles. The molecule has 112 valence electrons. The second-order valence-corrected chi connectivity index (χ2v) is 6.60. The third-order valence-corrected chi connectivity index (χ3v) is 4.99. The van der Waals surface area contributed by atoms with Gasteiger partial charge in [-0.25, -0.2) is 4.39 Å². The molecule has 5 heteroatoms. The quantitative estimate of drug-likeness (QED) is 0.915. The maximum atomic E-state index is 13.4. The number of halogens is 2. The van der Waals surface area contributed by atoms with E-state index in [9.17, 15) is 4.39 Å². The number of piperazine rings is 1. The first-order valence-corrected chi connectivity index (χ1v) is 7.84. The van der Waals surface area contributed by atoms with E-state index in [0.717, 1.165) is 18.7 Å². The number of nitrogens with zero attached hydrogens (tertiary/aromatic N) is 2. The number of rotatable bonds is 3. The Labute approximate surface area is 129 Å². The van der Waals surface area contributed by atoms with Gasteiger partial charge in [0.05, 0.1) is 4.47 Å². The van der Waals surface area contributed by atoms with Gasteiger partial charge >= 0.3 is 0 Å². The predicted octanol–water partition coefficient (Wildman–Crippen LogP) is 2.61. The van der Waals surface area contributed by atoms with Gasteiger partial charge in [-0.15, -0.1) is 0 Å². The van der Waals surface area contributed by atoms with Crippen LogP contribution in [-0.2, 0) is 0 Å². The molecule has 0 amide bonds. The highest BCUT2D eigenvalue weighted by molar-refractivity contribution is 9.10. The molecule has 0 saturated carbocycles. The molecule has 2 N–H and O–H groups in total. The van der Waals surface area contributed by atoms with Crippen LogP contribution in [0.1, 0.15) is 25.5 Å². The van der Waals surface area contributed by atoms with Crippen LogP contribution >= 0.6 is 15.9 Å². The molecule has 3 unspecified atom stereocenters. The van der Waals surface area contributed by atoms with Crippen molar-refractivity contribution < 1.29 is 4.39 Å². The Morgan fingerprint density at radius 1 is 1.35 bits per heavy atom. The Kier molecular flexibility index (Phi) is 5.18. The summed E-state index contributed by atoms with van der Waals surface area (Å²) in [5, 5.41) is 0. The van der Waals surface area contributed by atoms with Crippen molar-refractivity contribution in [3.05, 3.63) is 34.1 Å². The number of benzene rings is 1. The van der Waals surface area contributed by atoms with E-state index < -0.39 is 0 Å². The molecule has 1 heterocycles. The van der Waals surface area contributed by atoms with Crippen molar-refractivity contribution >= 4 is 15.9 Å². The van der Waals surface area contributed by atoms with Crippen LogP contribution in [0.5, 0.6) is 0 Å². The molecule has 20 heavy (non-hydrogen) atoms. The molecule has 1 aliphatic rings. The van der Waals surface area contributed by atoms with Crippen LogP contribution in [0.25, 0.3) is 0 Å². The van der Waals surface area contributed by atoms with Gasteiger partial charge in [0.25, 0.3) is 0 Å². The van der Waals surface area contributed by atoms with E-state index in [0.29, 0.717) is 23.1 Å². The van der Waals surface area contributed by atoms with Gasteiger partial charge in [0, 0.05) is 37.8 Å². The molecule has 1 saturated heterocycles. The molecule has 0 aromatic heterocycles. The van der Waals surface area contributed by atoms with E-state index in [4.69, 9.17) is 5.73 Å². The largest absolute Gasteiger partial charge is 0.329 e. The Bertz CT molecular complexity index is 456. The molecule has 0 bridgehead atoms. The fourth-order valence-electron chi connectivity index (χ4n) is 2.92. The fourth-order valence-corrected chi connectivity index (χ4v) is 3.31. The summed E-state index contributed by atoms with van der Waals surface area (Å²) in [7, 11) is 2.17. The van der Waals surface area contributed by atoms with E-state index >= 15 is 0 Å². The molecule has 3 atom stereocenters. The fraction of sp³-hybridized carbons (Fsp3) is 0.600. The Balaban J connectivity index is 2.21. The minimum atomic E-state index is -0.232. The highest BCUT2D eigenvalue weighted by Gasteiger charge is 2.31. The smallest absolute Gasteiger partial charge is 0.137 e. The first-order chi connectivity index (χ1) is 9.43. The second kappa shape index (κ2) is 6.52.